The van der Waals surface area contributed by atoms with E-state index in [0.29, 0.717) is 19.3 Å². The molecule has 3 N–H and O–H groups in total. The molecule has 0 aliphatic rings. The molecule has 0 rings (SSSR count). The predicted molar refractivity (Wildman–Crippen MR) is 283 cm³/mol. The van der Waals surface area contributed by atoms with E-state index in [-0.39, 0.29) is 24.9 Å². The lowest BCUT2D eigenvalue weighted by molar-refractivity contribution is -0.151. The molecule has 0 aromatic carbocycles. The van der Waals surface area contributed by atoms with Crippen molar-refractivity contribution in [2.45, 2.75) is 360 Å². The summed E-state index contributed by atoms with van der Waals surface area (Å²) in [5.41, 5.74) is 0. The van der Waals surface area contributed by atoms with Crippen LogP contribution < -0.4 is 5.32 Å². The lowest BCUT2D eigenvalue weighted by atomic mass is 10.0. The van der Waals surface area contributed by atoms with Gasteiger partial charge in [-0.3, -0.25) is 9.59 Å². The van der Waals surface area contributed by atoms with Crippen LogP contribution in [0.5, 0.6) is 0 Å². The molecule has 0 radical (unpaired) electrons. The van der Waals surface area contributed by atoms with Gasteiger partial charge in [-0.05, 0) is 25.7 Å². The highest BCUT2D eigenvalue weighted by atomic mass is 16.5. The number of aliphatic hydroxyl groups is 2. The molecule has 0 saturated carbocycles. The second-order valence-corrected chi connectivity index (χ2v) is 20.8. The van der Waals surface area contributed by atoms with Gasteiger partial charge in [0.25, 0.3) is 0 Å². The van der Waals surface area contributed by atoms with E-state index in [1.807, 2.05) is 0 Å². The van der Waals surface area contributed by atoms with Crippen LogP contribution >= 0.6 is 0 Å². The Bertz CT molecular complexity index is 944. The fourth-order valence-electron chi connectivity index (χ4n) is 9.67. The highest BCUT2D eigenvalue weighted by Gasteiger charge is 2.24. The summed E-state index contributed by atoms with van der Waals surface area (Å²) in [7, 11) is 0. The molecular formula is C59H117NO5. The van der Waals surface area contributed by atoms with E-state index in [0.717, 1.165) is 38.5 Å². The van der Waals surface area contributed by atoms with Crippen molar-refractivity contribution < 1.29 is 24.5 Å². The zero-order chi connectivity index (χ0) is 47.4. The van der Waals surface area contributed by atoms with Gasteiger partial charge in [-0.15, -0.1) is 0 Å². The number of ether oxygens (including phenoxy) is 1. The smallest absolute Gasteiger partial charge is 0.306 e. The highest BCUT2D eigenvalue weighted by molar-refractivity contribution is 5.77. The molecule has 388 valence electrons. The molecule has 1 amide bonds. The number of hydrogen-bond donors (Lipinski definition) is 3. The van der Waals surface area contributed by atoms with E-state index in [2.05, 4.69) is 26.1 Å². The van der Waals surface area contributed by atoms with Crippen LogP contribution in [0.2, 0.25) is 0 Å². The molecule has 0 fully saturated rings. The van der Waals surface area contributed by atoms with Gasteiger partial charge in [0.05, 0.1) is 25.2 Å². The van der Waals surface area contributed by atoms with Gasteiger partial charge in [0, 0.05) is 6.42 Å². The molecule has 3 unspecified atom stereocenters. The minimum atomic E-state index is -0.779. The van der Waals surface area contributed by atoms with Crippen molar-refractivity contribution in [1.29, 1.82) is 0 Å². The minimum Gasteiger partial charge on any atom is -0.462 e. The van der Waals surface area contributed by atoms with Gasteiger partial charge < -0.3 is 20.3 Å². The molecule has 0 saturated heterocycles. The number of unbranched alkanes of at least 4 members (excludes halogenated alkanes) is 43. The summed E-state index contributed by atoms with van der Waals surface area (Å²) in [4.78, 5) is 26.3. The monoisotopic (exact) mass is 920 g/mol. The van der Waals surface area contributed by atoms with Crippen LogP contribution in [0.1, 0.15) is 342 Å². The van der Waals surface area contributed by atoms with Crippen molar-refractivity contribution >= 4 is 11.9 Å². The zero-order valence-electron chi connectivity index (χ0n) is 44.4. The SMILES string of the molecule is CCCCCCCCCCCCCCCCCCCCCC(=O)OC(CCCCCCCCCCCCCCCCCC)CC(=O)NC(CO)C(O)CCCCCCCCCCCCC. The Morgan fingerprint density at radius 1 is 0.385 bits per heavy atom. The van der Waals surface area contributed by atoms with Crippen LogP contribution in [0, 0.1) is 0 Å². The van der Waals surface area contributed by atoms with E-state index in [4.69, 9.17) is 4.74 Å². The summed E-state index contributed by atoms with van der Waals surface area (Å²) in [6.07, 6.45) is 60.3. The summed E-state index contributed by atoms with van der Waals surface area (Å²) in [5, 5.41) is 23.8. The Labute approximate surface area is 406 Å². The number of hydrogen-bond acceptors (Lipinski definition) is 5. The first-order chi connectivity index (χ1) is 32.0. The van der Waals surface area contributed by atoms with Crippen molar-refractivity contribution in [3.63, 3.8) is 0 Å². The summed E-state index contributed by atoms with van der Waals surface area (Å²) in [6.45, 7) is 6.53. The summed E-state index contributed by atoms with van der Waals surface area (Å²) in [6, 6.07) is -0.693. The third kappa shape index (κ3) is 49.1. The number of carbonyl (C=O) groups is 2. The first kappa shape index (κ1) is 63.9. The molecule has 0 aromatic heterocycles. The van der Waals surface area contributed by atoms with Crippen LogP contribution in [0.25, 0.3) is 0 Å². The first-order valence-electron chi connectivity index (χ1n) is 29.8. The quantitative estimate of drug-likeness (QED) is 0.0417. The topological polar surface area (TPSA) is 95.9 Å². The normalized spacial score (nSPS) is 13.0. The van der Waals surface area contributed by atoms with E-state index in [1.165, 1.54) is 257 Å². The van der Waals surface area contributed by atoms with Gasteiger partial charge in [0.15, 0.2) is 0 Å². The van der Waals surface area contributed by atoms with E-state index >= 15 is 0 Å². The lowest BCUT2D eigenvalue weighted by Gasteiger charge is -2.24. The predicted octanol–water partition coefficient (Wildman–Crippen LogP) is 18.3. The van der Waals surface area contributed by atoms with Gasteiger partial charge in [-0.2, -0.15) is 0 Å². The molecule has 0 heterocycles. The second kappa shape index (κ2) is 53.8. The largest absolute Gasteiger partial charge is 0.462 e. The van der Waals surface area contributed by atoms with E-state index < -0.39 is 18.2 Å². The maximum Gasteiger partial charge on any atom is 0.306 e. The fraction of sp³-hybridized carbons (Fsp3) is 0.966. The van der Waals surface area contributed by atoms with E-state index in [9.17, 15) is 19.8 Å². The number of aliphatic hydroxyl groups excluding tert-OH is 2. The van der Waals surface area contributed by atoms with Crippen molar-refractivity contribution in [3.05, 3.63) is 0 Å². The Balaban J connectivity index is 4.45. The highest BCUT2D eigenvalue weighted by Crippen LogP contribution is 2.20. The maximum absolute atomic E-state index is 13.3. The molecule has 0 bridgehead atoms. The van der Waals surface area contributed by atoms with Gasteiger partial charge in [0.2, 0.25) is 5.91 Å². The van der Waals surface area contributed by atoms with E-state index in [1.54, 1.807) is 0 Å². The zero-order valence-corrected chi connectivity index (χ0v) is 44.4. The minimum absolute atomic E-state index is 0.0886. The second-order valence-electron chi connectivity index (χ2n) is 20.8. The molecule has 6 nitrogen and oxygen atoms in total. The Morgan fingerprint density at radius 2 is 0.646 bits per heavy atom. The van der Waals surface area contributed by atoms with Crippen LogP contribution in [0.3, 0.4) is 0 Å². The van der Waals surface area contributed by atoms with Crippen LogP contribution in [0.15, 0.2) is 0 Å². The van der Waals surface area contributed by atoms with Gasteiger partial charge in [-0.25, -0.2) is 0 Å². The Hall–Kier alpha value is -1.14. The molecule has 6 heteroatoms. The molecule has 0 spiro atoms. The van der Waals surface area contributed by atoms with Crippen molar-refractivity contribution in [1.82, 2.24) is 5.32 Å². The number of amides is 1. The molecule has 0 aliphatic carbocycles. The average Bonchev–Trinajstić information content (AvgIpc) is 3.30. The van der Waals surface area contributed by atoms with Gasteiger partial charge >= 0.3 is 5.97 Å². The molecule has 0 aliphatic heterocycles. The summed E-state index contributed by atoms with van der Waals surface area (Å²) in [5.74, 6) is -0.443. The number of carbonyl (C=O) groups excluding carboxylic acids is 2. The van der Waals surface area contributed by atoms with Crippen molar-refractivity contribution in [2.75, 3.05) is 6.61 Å². The van der Waals surface area contributed by atoms with Gasteiger partial charge in [-0.1, -0.05) is 303 Å². The molecule has 0 aromatic rings. The van der Waals surface area contributed by atoms with Crippen LogP contribution in [0.4, 0.5) is 0 Å². The van der Waals surface area contributed by atoms with Gasteiger partial charge in [0.1, 0.15) is 6.10 Å². The fourth-order valence-corrected chi connectivity index (χ4v) is 9.67. The third-order valence-electron chi connectivity index (χ3n) is 14.2. The summed E-state index contributed by atoms with van der Waals surface area (Å²) >= 11 is 0. The lowest BCUT2D eigenvalue weighted by Crippen LogP contribution is -2.46. The maximum atomic E-state index is 13.3. The Kier molecular flexibility index (Phi) is 52.9. The summed E-state index contributed by atoms with van der Waals surface area (Å²) < 4.78 is 5.98. The Morgan fingerprint density at radius 3 is 0.938 bits per heavy atom. The number of rotatable bonds is 55. The number of esters is 1. The van der Waals surface area contributed by atoms with Crippen molar-refractivity contribution in [2.24, 2.45) is 0 Å². The number of nitrogens with one attached hydrogen (secondary N) is 1. The molecular weight excluding hydrogens is 803 g/mol. The molecule has 65 heavy (non-hydrogen) atoms. The molecule has 3 atom stereocenters. The standard InChI is InChI=1S/C59H117NO5/c1-4-7-10-13-16-19-22-24-26-28-29-30-32-34-37-40-43-46-49-52-59(64)65-55(50-47-44-41-38-36-33-31-27-25-23-20-17-14-11-8-5-2)53-58(63)60-56(54-61)57(62)51-48-45-42-39-35-21-18-15-12-9-6-3/h55-57,61-62H,4-54H2,1-3H3,(H,60,63). The third-order valence-corrected chi connectivity index (χ3v) is 14.2. The van der Waals surface area contributed by atoms with Crippen LogP contribution in [-0.4, -0.2) is 46.9 Å². The first-order valence-corrected chi connectivity index (χ1v) is 29.8. The van der Waals surface area contributed by atoms with Crippen molar-refractivity contribution in [3.8, 4) is 0 Å². The average molecular weight is 921 g/mol. The van der Waals surface area contributed by atoms with Crippen LogP contribution in [-0.2, 0) is 14.3 Å².